The van der Waals surface area contributed by atoms with Crippen LogP contribution in [-0.4, -0.2) is 23.9 Å². The van der Waals surface area contributed by atoms with Gasteiger partial charge in [0.05, 0.1) is 12.7 Å². The number of epoxide rings is 1. The maximum Gasteiger partial charge on any atom is 0.108 e. The Morgan fingerprint density at radius 1 is 1.44 bits per heavy atom. The molecule has 1 aliphatic rings. The molecule has 0 saturated carbocycles. The second-order valence-electron chi connectivity index (χ2n) is 3.64. The average Bonchev–Trinajstić information content (AvgIpc) is 2.39. The zero-order valence-corrected chi connectivity index (χ0v) is 6.22. The maximum atomic E-state index is 8.61. The summed E-state index contributed by atoms with van der Waals surface area (Å²) in [5, 5.41) is 8.61. The molecule has 0 radical (unpaired) electrons. The predicted molar refractivity (Wildman–Crippen MR) is 35.2 cm³/mol. The molecule has 1 saturated heterocycles. The average molecular weight is 130 g/mol. The highest BCUT2D eigenvalue weighted by molar-refractivity contribution is 4.92. The second-order valence-corrected chi connectivity index (χ2v) is 3.64. The van der Waals surface area contributed by atoms with Crippen LogP contribution in [0.4, 0.5) is 0 Å². The van der Waals surface area contributed by atoms with Gasteiger partial charge in [-0.1, -0.05) is 20.8 Å². The van der Waals surface area contributed by atoms with Gasteiger partial charge in [0, 0.05) is 0 Å². The Hall–Kier alpha value is -0.0800. The maximum absolute atomic E-state index is 8.61. The number of rotatable bonds is 1. The minimum atomic E-state index is 0.116. The molecular formula is C7H14O2. The summed E-state index contributed by atoms with van der Waals surface area (Å²) in [6.07, 6.45) is 0.396. The van der Waals surface area contributed by atoms with Gasteiger partial charge in [-0.2, -0.15) is 0 Å². The first-order valence-corrected chi connectivity index (χ1v) is 3.32. The molecule has 0 bridgehead atoms. The molecule has 0 unspecified atom stereocenters. The van der Waals surface area contributed by atoms with Gasteiger partial charge < -0.3 is 9.84 Å². The van der Waals surface area contributed by atoms with E-state index in [-0.39, 0.29) is 24.2 Å². The van der Waals surface area contributed by atoms with Gasteiger partial charge in [-0.15, -0.1) is 0 Å². The molecule has 1 aliphatic heterocycles. The molecule has 0 amide bonds. The van der Waals surface area contributed by atoms with E-state index in [2.05, 4.69) is 20.8 Å². The van der Waals surface area contributed by atoms with Crippen LogP contribution in [0.2, 0.25) is 0 Å². The largest absolute Gasteiger partial charge is 0.394 e. The van der Waals surface area contributed by atoms with Crippen LogP contribution < -0.4 is 0 Å². The lowest BCUT2D eigenvalue weighted by molar-refractivity contribution is 0.230. The zero-order valence-electron chi connectivity index (χ0n) is 6.22. The SMILES string of the molecule is CC(C)(C)[C@@H]1O[C@@H]1CO. The molecule has 2 atom stereocenters. The monoisotopic (exact) mass is 130 g/mol. The summed E-state index contributed by atoms with van der Waals surface area (Å²) in [6.45, 7) is 6.52. The van der Waals surface area contributed by atoms with Gasteiger partial charge in [0.25, 0.3) is 0 Å². The molecule has 1 rings (SSSR count). The molecule has 2 heteroatoms. The van der Waals surface area contributed by atoms with Gasteiger partial charge in [-0.3, -0.25) is 0 Å². The lowest BCUT2D eigenvalue weighted by Gasteiger charge is -2.13. The van der Waals surface area contributed by atoms with Crippen molar-refractivity contribution in [3.05, 3.63) is 0 Å². The fourth-order valence-corrected chi connectivity index (χ4v) is 1.04. The lowest BCUT2D eigenvalue weighted by Crippen LogP contribution is -2.17. The Labute approximate surface area is 55.8 Å². The van der Waals surface area contributed by atoms with E-state index in [1.54, 1.807) is 0 Å². The van der Waals surface area contributed by atoms with Crippen LogP contribution >= 0.6 is 0 Å². The first kappa shape index (κ1) is 7.03. The van der Waals surface area contributed by atoms with E-state index in [1.807, 2.05) is 0 Å². The quantitative estimate of drug-likeness (QED) is 0.532. The number of hydrogen-bond acceptors (Lipinski definition) is 2. The zero-order chi connectivity index (χ0) is 7.07. The van der Waals surface area contributed by atoms with Gasteiger partial charge in [-0.25, -0.2) is 0 Å². The molecule has 9 heavy (non-hydrogen) atoms. The van der Waals surface area contributed by atoms with Crippen molar-refractivity contribution in [2.75, 3.05) is 6.61 Å². The molecule has 2 nitrogen and oxygen atoms in total. The minimum absolute atomic E-state index is 0.116. The highest BCUT2D eigenvalue weighted by Gasteiger charge is 2.46. The van der Waals surface area contributed by atoms with Crippen LogP contribution in [0.15, 0.2) is 0 Å². The highest BCUT2D eigenvalue weighted by atomic mass is 16.6. The molecule has 1 fully saturated rings. The Balaban J connectivity index is 2.33. The molecule has 1 N–H and O–H groups in total. The molecule has 1 heterocycles. The number of hydrogen-bond donors (Lipinski definition) is 1. The van der Waals surface area contributed by atoms with E-state index in [0.717, 1.165) is 0 Å². The highest BCUT2D eigenvalue weighted by Crippen LogP contribution is 2.37. The summed E-state index contributed by atoms with van der Waals surface area (Å²) < 4.78 is 5.18. The van der Waals surface area contributed by atoms with Crippen LogP contribution in [0.3, 0.4) is 0 Å². The molecule has 54 valence electrons. The molecule has 0 spiro atoms. The Kier molecular flexibility index (Phi) is 1.53. The summed E-state index contributed by atoms with van der Waals surface area (Å²) in [7, 11) is 0. The normalized spacial score (nSPS) is 34.7. The van der Waals surface area contributed by atoms with E-state index < -0.39 is 0 Å². The van der Waals surface area contributed by atoms with Crippen molar-refractivity contribution in [1.29, 1.82) is 0 Å². The summed E-state index contributed by atoms with van der Waals surface area (Å²) >= 11 is 0. The van der Waals surface area contributed by atoms with Crippen LogP contribution in [0, 0.1) is 5.41 Å². The van der Waals surface area contributed by atoms with Crippen LogP contribution in [0.5, 0.6) is 0 Å². The van der Waals surface area contributed by atoms with Gasteiger partial charge >= 0.3 is 0 Å². The standard InChI is InChI=1S/C7H14O2/c1-7(2,3)6-5(4-8)9-6/h5-6,8H,4H2,1-3H3/t5-,6-/m1/s1. The van der Waals surface area contributed by atoms with E-state index in [0.29, 0.717) is 0 Å². The van der Waals surface area contributed by atoms with Crippen molar-refractivity contribution in [2.45, 2.75) is 33.0 Å². The molecule has 0 aromatic heterocycles. The number of aliphatic hydroxyl groups excluding tert-OH is 1. The molecule has 0 aromatic carbocycles. The fraction of sp³-hybridized carbons (Fsp3) is 1.00. The van der Waals surface area contributed by atoms with Crippen LogP contribution in [-0.2, 0) is 4.74 Å². The Morgan fingerprint density at radius 3 is 2.11 bits per heavy atom. The van der Waals surface area contributed by atoms with E-state index >= 15 is 0 Å². The second kappa shape index (κ2) is 1.96. The van der Waals surface area contributed by atoms with Gasteiger partial charge in [0.2, 0.25) is 0 Å². The third-order valence-electron chi connectivity index (χ3n) is 1.62. The third-order valence-corrected chi connectivity index (χ3v) is 1.62. The molecular weight excluding hydrogens is 116 g/mol. The van der Waals surface area contributed by atoms with Crippen molar-refractivity contribution in [3.8, 4) is 0 Å². The van der Waals surface area contributed by atoms with Crippen LogP contribution in [0.1, 0.15) is 20.8 Å². The van der Waals surface area contributed by atoms with Gasteiger partial charge in [0.15, 0.2) is 0 Å². The van der Waals surface area contributed by atoms with Gasteiger partial charge in [-0.05, 0) is 5.41 Å². The number of ether oxygens (including phenoxy) is 1. The fourth-order valence-electron chi connectivity index (χ4n) is 1.04. The first-order chi connectivity index (χ1) is 4.05. The number of aliphatic hydroxyl groups is 1. The topological polar surface area (TPSA) is 32.8 Å². The lowest BCUT2D eigenvalue weighted by atomic mass is 9.90. The molecule has 0 aromatic rings. The summed E-state index contributed by atoms with van der Waals surface area (Å²) in [4.78, 5) is 0. The van der Waals surface area contributed by atoms with Crippen molar-refractivity contribution >= 4 is 0 Å². The van der Waals surface area contributed by atoms with Crippen molar-refractivity contribution in [3.63, 3.8) is 0 Å². The van der Waals surface area contributed by atoms with E-state index in [4.69, 9.17) is 9.84 Å². The van der Waals surface area contributed by atoms with Crippen LogP contribution in [0.25, 0.3) is 0 Å². The Morgan fingerprint density at radius 2 is 2.00 bits per heavy atom. The van der Waals surface area contributed by atoms with Crippen molar-refractivity contribution < 1.29 is 9.84 Å². The van der Waals surface area contributed by atoms with Gasteiger partial charge in [0.1, 0.15) is 6.10 Å². The summed E-state index contributed by atoms with van der Waals surface area (Å²) in [6, 6.07) is 0. The minimum Gasteiger partial charge on any atom is -0.394 e. The summed E-state index contributed by atoms with van der Waals surface area (Å²) in [5.41, 5.74) is 0.202. The van der Waals surface area contributed by atoms with Crippen molar-refractivity contribution in [2.24, 2.45) is 5.41 Å². The van der Waals surface area contributed by atoms with E-state index in [9.17, 15) is 0 Å². The van der Waals surface area contributed by atoms with Crippen molar-refractivity contribution in [1.82, 2.24) is 0 Å². The predicted octanol–water partition coefficient (Wildman–Crippen LogP) is 0.792. The molecule has 0 aliphatic carbocycles. The Bertz CT molecular complexity index is 104. The van der Waals surface area contributed by atoms with E-state index in [1.165, 1.54) is 0 Å². The first-order valence-electron chi connectivity index (χ1n) is 3.32. The smallest absolute Gasteiger partial charge is 0.108 e. The summed E-state index contributed by atoms with van der Waals surface area (Å²) in [5.74, 6) is 0. The third kappa shape index (κ3) is 1.43.